The van der Waals surface area contributed by atoms with Gasteiger partial charge in [0.2, 0.25) is 5.91 Å². The fraction of sp³-hybridized carbons (Fsp3) is 0.733. The molecule has 0 aliphatic heterocycles. The van der Waals surface area contributed by atoms with Gasteiger partial charge in [-0.25, -0.2) is 4.98 Å². The lowest BCUT2D eigenvalue weighted by atomic mass is 10.1. The molecule has 0 aromatic carbocycles. The predicted octanol–water partition coefficient (Wildman–Crippen LogP) is 0.225. The number of aryl methyl sites for hydroxylation is 1. The fourth-order valence-corrected chi connectivity index (χ4v) is 3.88. The van der Waals surface area contributed by atoms with E-state index in [0.717, 1.165) is 5.69 Å². The Morgan fingerprint density at radius 1 is 0.822 bits per heavy atom. The standard InChI is InChI=1S/C30H51N5O10/c1-2-29(39)33-11-13-43-15-17-45-22-27(38)19-31-10-12-42-14-16-44-21-26(37)6-4-3-5-7-28(30(40)41)34-20-25(36)9-8-24-18-32-23-35-24/h18,23,28,31,34H,2-17,19-22H2,1H3,(H,32,35)(H,33,39)(H,40,41)/t28-/m0/s1. The minimum atomic E-state index is -0.997. The molecule has 256 valence electrons. The highest BCUT2D eigenvalue weighted by molar-refractivity contribution is 5.82. The van der Waals surface area contributed by atoms with Crippen LogP contribution < -0.4 is 16.0 Å². The summed E-state index contributed by atoms with van der Waals surface area (Å²) < 4.78 is 21.3. The van der Waals surface area contributed by atoms with Gasteiger partial charge < -0.3 is 39.7 Å². The molecule has 0 saturated carbocycles. The van der Waals surface area contributed by atoms with Gasteiger partial charge in [-0.1, -0.05) is 19.8 Å². The number of ether oxygens (including phenoxy) is 4. The number of carboxylic acid groups (broad SMARTS) is 1. The number of aromatic nitrogens is 2. The molecule has 0 fully saturated rings. The molecular weight excluding hydrogens is 590 g/mol. The maximum Gasteiger partial charge on any atom is 0.320 e. The summed E-state index contributed by atoms with van der Waals surface area (Å²) in [5.74, 6) is -1.20. The van der Waals surface area contributed by atoms with Gasteiger partial charge in [0.05, 0.1) is 59.1 Å². The molecule has 1 aromatic heterocycles. The summed E-state index contributed by atoms with van der Waals surface area (Å²) in [5.41, 5.74) is 0.858. The summed E-state index contributed by atoms with van der Waals surface area (Å²) >= 11 is 0. The molecule has 1 aromatic rings. The molecular formula is C30H51N5O10. The first-order valence-corrected chi connectivity index (χ1v) is 15.6. The third-order valence-electron chi connectivity index (χ3n) is 6.43. The van der Waals surface area contributed by atoms with Crippen LogP contribution in [-0.2, 0) is 49.3 Å². The number of carboxylic acids is 1. The van der Waals surface area contributed by atoms with Gasteiger partial charge in [0.25, 0.3) is 0 Å². The second-order valence-corrected chi connectivity index (χ2v) is 10.3. The van der Waals surface area contributed by atoms with Crippen LogP contribution in [0.1, 0.15) is 57.6 Å². The lowest BCUT2D eigenvalue weighted by Crippen LogP contribution is -2.39. The summed E-state index contributed by atoms with van der Waals surface area (Å²) in [5, 5.41) is 17.9. The number of nitrogens with one attached hydrogen (secondary N) is 4. The Balaban J connectivity index is 1.89. The van der Waals surface area contributed by atoms with Crippen LogP contribution in [0, 0.1) is 0 Å². The molecule has 1 heterocycles. The van der Waals surface area contributed by atoms with Crippen LogP contribution in [0.3, 0.4) is 0 Å². The predicted molar refractivity (Wildman–Crippen MR) is 164 cm³/mol. The first-order chi connectivity index (χ1) is 21.8. The van der Waals surface area contributed by atoms with E-state index in [4.69, 9.17) is 18.9 Å². The molecule has 0 aliphatic carbocycles. The van der Waals surface area contributed by atoms with Crippen LogP contribution >= 0.6 is 0 Å². The molecule has 15 nitrogen and oxygen atoms in total. The van der Waals surface area contributed by atoms with Crippen molar-refractivity contribution in [3.05, 3.63) is 18.2 Å². The summed E-state index contributed by atoms with van der Waals surface area (Å²) in [6.45, 7) is 4.88. The van der Waals surface area contributed by atoms with Crippen molar-refractivity contribution in [1.29, 1.82) is 0 Å². The Morgan fingerprint density at radius 3 is 2.18 bits per heavy atom. The Bertz CT molecular complexity index is 961. The summed E-state index contributed by atoms with van der Waals surface area (Å²) in [6.07, 6.45) is 7.16. The highest BCUT2D eigenvalue weighted by Gasteiger charge is 2.17. The van der Waals surface area contributed by atoms with Crippen molar-refractivity contribution in [3.8, 4) is 0 Å². The van der Waals surface area contributed by atoms with Gasteiger partial charge in [0.1, 0.15) is 25.0 Å². The van der Waals surface area contributed by atoms with Crippen LogP contribution in [0.2, 0.25) is 0 Å². The van der Waals surface area contributed by atoms with E-state index < -0.39 is 12.0 Å². The number of hydrogen-bond acceptors (Lipinski definition) is 12. The first kappa shape index (κ1) is 39.9. The van der Waals surface area contributed by atoms with Gasteiger partial charge in [-0.2, -0.15) is 0 Å². The van der Waals surface area contributed by atoms with Crippen molar-refractivity contribution in [2.75, 3.05) is 79.0 Å². The van der Waals surface area contributed by atoms with E-state index in [2.05, 4.69) is 25.9 Å². The van der Waals surface area contributed by atoms with E-state index in [1.54, 1.807) is 19.4 Å². The van der Waals surface area contributed by atoms with E-state index in [9.17, 15) is 29.1 Å². The number of imidazole rings is 1. The van der Waals surface area contributed by atoms with E-state index in [0.29, 0.717) is 97.5 Å². The number of rotatable bonds is 32. The van der Waals surface area contributed by atoms with E-state index in [1.807, 2.05) is 0 Å². The zero-order valence-corrected chi connectivity index (χ0v) is 26.4. The summed E-state index contributed by atoms with van der Waals surface area (Å²) in [6, 6.07) is -0.806. The maximum absolute atomic E-state index is 12.0. The normalized spacial score (nSPS) is 11.8. The number of amides is 1. The minimum Gasteiger partial charge on any atom is -0.480 e. The Labute approximate surface area is 264 Å². The van der Waals surface area contributed by atoms with E-state index in [-0.39, 0.29) is 56.2 Å². The Morgan fingerprint density at radius 2 is 1.51 bits per heavy atom. The second kappa shape index (κ2) is 27.2. The number of carbonyl (C=O) groups is 5. The van der Waals surface area contributed by atoms with Gasteiger partial charge in [-0.3, -0.25) is 29.3 Å². The van der Waals surface area contributed by atoms with Crippen molar-refractivity contribution < 1.29 is 48.0 Å². The quantitative estimate of drug-likeness (QED) is 0.0669. The average molecular weight is 642 g/mol. The molecule has 0 bridgehead atoms. The first-order valence-electron chi connectivity index (χ1n) is 15.6. The van der Waals surface area contributed by atoms with Crippen molar-refractivity contribution in [2.45, 2.75) is 64.3 Å². The van der Waals surface area contributed by atoms with Gasteiger partial charge in [0, 0.05) is 44.2 Å². The fourth-order valence-electron chi connectivity index (χ4n) is 3.88. The van der Waals surface area contributed by atoms with E-state index in [1.165, 1.54) is 0 Å². The third-order valence-corrected chi connectivity index (χ3v) is 6.43. The van der Waals surface area contributed by atoms with Crippen molar-refractivity contribution in [2.24, 2.45) is 0 Å². The molecule has 5 N–H and O–H groups in total. The average Bonchev–Trinajstić information content (AvgIpc) is 3.55. The minimum absolute atomic E-state index is 0.00198. The Kier molecular flexibility index (Phi) is 24.2. The van der Waals surface area contributed by atoms with Crippen molar-refractivity contribution >= 4 is 29.2 Å². The highest BCUT2D eigenvalue weighted by atomic mass is 16.5. The number of hydrogen-bond donors (Lipinski definition) is 5. The number of carbonyl (C=O) groups excluding carboxylic acids is 4. The van der Waals surface area contributed by atoms with Gasteiger partial charge >= 0.3 is 5.97 Å². The smallest absolute Gasteiger partial charge is 0.320 e. The van der Waals surface area contributed by atoms with Gasteiger partial charge in [0.15, 0.2) is 11.6 Å². The molecule has 1 rings (SSSR count). The molecule has 1 amide bonds. The molecule has 0 saturated heterocycles. The molecule has 45 heavy (non-hydrogen) atoms. The number of H-pyrrole nitrogens is 1. The van der Waals surface area contributed by atoms with Crippen LogP contribution in [0.25, 0.3) is 0 Å². The molecule has 0 spiro atoms. The van der Waals surface area contributed by atoms with Gasteiger partial charge in [-0.05, 0) is 19.3 Å². The second-order valence-electron chi connectivity index (χ2n) is 10.3. The summed E-state index contributed by atoms with van der Waals surface area (Å²) in [7, 11) is 0. The zero-order valence-electron chi connectivity index (χ0n) is 26.4. The number of Topliss-reactive ketones (excluding diaryl/α,β-unsaturated/α-hetero) is 3. The van der Waals surface area contributed by atoms with Crippen LogP contribution in [-0.4, -0.2) is 129 Å². The number of aromatic amines is 1. The monoisotopic (exact) mass is 641 g/mol. The lowest BCUT2D eigenvalue weighted by Gasteiger charge is -2.13. The molecule has 0 radical (unpaired) electrons. The van der Waals surface area contributed by atoms with E-state index >= 15 is 0 Å². The zero-order chi connectivity index (χ0) is 33.0. The summed E-state index contributed by atoms with van der Waals surface area (Å²) in [4.78, 5) is 65.2. The Hall–Kier alpha value is -3.08. The lowest BCUT2D eigenvalue weighted by molar-refractivity contribution is -0.139. The van der Waals surface area contributed by atoms with Gasteiger partial charge in [-0.15, -0.1) is 0 Å². The number of nitrogens with zero attached hydrogens (tertiary/aromatic N) is 1. The van der Waals surface area contributed by atoms with Crippen molar-refractivity contribution in [1.82, 2.24) is 25.9 Å². The molecule has 0 unspecified atom stereocenters. The third kappa shape index (κ3) is 23.9. The van der Waals surface area contributed by atoms with Crippen molar-refractivity contribution in [3.63, 3.8) is 0 Å². The topological polar surface area (TPSA) is 207 Å². The van der Waals surface area contributed by atoms with Crippen LogP contribution in [0.5, 0.6) is 0 Å². The molecule has 1 atom stereocenters. The maximum atomic E-state index is 12.0. The van der Waals surface area contributed by atoms with Crippen LogP contribution in [0.15, 0.2) is 12.5 Å². The largest absolute Gasteiger partial charge is 0.480 e. The number of ketones is 3. The number of unbranched alkanes of at least 4 members (excludes halogenated alkanes) is 2. The van der Waals surface area contributed by atoms with Crippen LogP contribution in [0.4, 0.5) is 0 Å². The SMILES string of the molecule is CCC(=O)NCCOCCOCC(=O)CNCCOCCOCC(=O)CCCCC[C@H](NCC(=O)CCc1cnc[nH]1)C(=O)O. The number of aliphatic carboxylic acids is 1. The molecule has 15 heteroatoms. The molecule has 0 aliphatic rings. The highest BCUT2D eigenvalue weighted by Crippen LogP contribution is 2.07.